The second-order valence-corrected chi connectivity index (χ2v) is 5.05. The Morgan fingerprint density at radius 3 is 2.65 bits per heavy atom. The SMILES string of the molecule is CCOc1ccc(NC(=O)CCc2ccccc2N)cc1OC. The number of nitrogen functional groups attached to an aromatic ring is 1. The van der Waals surface area contributed by atoms with E-state index in [4.69, 9.17) is 15.2 Å². The predicted octanol–water partition coefficient (Wildman–Crippen LogP) is 3.25. The lowest BCUT2D eigenvalue weighted by molar-refractivity contribution is -0.116. The summed E-state index contributed by atoms with van der Waals surface area (Å²) in [6.07, 6.45) is 0.969. The zero-order chi connectivity index (χ0) is 16.7. The molecule has 1 amide bonds. The average Bonchev–Trinajstić information content (AvgIpc) is 2.55. The number of nitrogens with two attached hydrogens (primary N) is 1. The fourth-order valence-corrected chi connectivity index (χ4v) is 2.25. The number of aryl methyl sites for hydroxylation is 1. The van der Waals surface area contributed by atoms with Crippen LogP contribution in [0.2, 0.25) is 0 Å². The van der Waals surface area contributed by atoms with Crippen molar-refractivity contribution in [1.29, 1.82) is 0 Å². The van der Waals surface area contributed by atoms with Crippen LogP contribution < -0.4 is 20.5 Å². The Morgan fingerprint density at radius 2 is 1.96 bits per heavy atom. The van der Waals surface area contributed by atoms with Gasteiger partial charge in [-0.15, -0.1) is 0 Å². The molecule has 3 N–H and O–H groups in total. The van der Waals surface area contributed by atoms with E-state index < -0.39 is 0 Å². The standard InChI is InChI=1S/C18H22N2O3/c1-3-23-16-10-9-14(12-17(16)22-2)20-18(21)11-8-13-6-4-5-7-15(13)19/h4-7,9-10,12H,3,8,11,19H2,1-2H3,(H,20,21). The molecule has 0 spiro atoms. The van der Waals surface area contributed by atoms with Crippen molar-refractivity contribution in [2.45, 2.75) is 19.8 Å². The van der Waals surface area contributed by atoms with Gasteiger partial charge in [0.1, 0.15) is 0 Å². The number of benzene rings is 2. The van der Waals surface area contributed by atoms with Crippen molar-refractivity contribution in [3.63, 3.8) is 0 Å². The first-order valence-corrected chi connectivity index (χ1v) is 7.58. The zero-order valence-electron chi connectivity index (χ0n) is 13.5. The van der Waals surface area contributed by atoms with Gasteiger partial charge in [-0.3, -0.25) is 4.79 Å². The minimum absolute atomic E-state index is 0.0699. The van der Waals surface area contributed by atoms with E-state index in [9.17, 15) is 4.79 Å². The Bertz CT molecular complexity index is 671. The van der Waals surface area contributed by atoms with Gasteiger partial charge in [-0.25, -0.2) is 0 Å². The number of amides is 1. The lowest BCUT2D eigenvalue weighted by atomic mass is 10.1. The van der Waals surface area contributed by atoms with Crippen LogP contribution in [0.4, 0.5) is 11.4 Å². The third kappa shape index (κ3) is 4.64. The van der Waals surface area contributed by atoms with Gasteiger partial charge in [0.05, 0.1) is 13.7 Å². The quantitative estimate of drug-likeness (QED) is 0.769. The number of carbonyl (C=O) groups is 1. The summed E-state index contributed by atoms with van der Waals surface area (Å²) in [4.78, 5) is 12.1. The molecule has 2 aromatic carbocycles. The van der Waals surface area contributed by atoms with E-state index in [1.54, 1.807) is 25.3 Å². The Hall–Kier alpha value is -2.69. The molecular weight excluding hydrogens is 292 g/mol. The minimum atomic E-state index is -0.0699. The van der Waals surface area contributed by atoms with Crippen LogP contribution in [0.3, 0.4) is 0 Å². The van der Waals surface area contributed by atoms with Gasteiger partial charge in [-0.05, 0) is 37.1 Å². The Kier molecular flexibility index (Phi) is 5.86. The number of anilines is 2. The topological polar surface area (TPSA) is 73.6 Å². The normalized spacial score (nSPS) is 10.2. The number of nitrogens with one attached hydrogen (secondary N) is 1. The molecule has 0 aliphatic heterocycles. The molecule has 2 rings (SSSR count). The lowest BCUT2D eigenvalue weighted by Crippen LogP contribution is -2.13. The number of hydrogen-bond acceptors (Lipinski definition) is 4. The summed E-state index contributed by atoms with van der Waals surface area (Å²) in [5.41, 5.74) is 8.25. The Balaban J connectivity index is 1.96. The van der Waals surface area contributed by atoms with Crippen molar-refractivity contribution < 1.29 is 14.3 Å². The predicted molar refractivity (Wildman–Crippen MR) is 92.0 cm³/mol. The van der Waals surface area contributed by atoms with Crippen LogP contribution in [-0.4, -0.2) is 19.6 Å². The van der Waals surface area contributed by atoms with E-state index in [-0.39, 0.29) is 5.91 Å². The fraction of sp³-hybridized carbons (Fsp3) is 0.278. The first-order valence-electron chi connectivity index (χ1n) is 7.58. The number of methoxy groups -OCH3 is 1. The molecule has 0 bridgehead atoms. The van der Waals surface area contributed by atoms with Crippen molar-refractivity contribution in [3.8, 4) is 11.5 Å². The Morgan fingerprint density at radius 1 is 1.17 bits per heavy atom. The summed E-state index contributed by atoms with van der Waals surface area (Å²) in [5.74, 6) is 1.18. The van der Waals surface area contributed by atoms with Gasteiger partial charge in [0.2, 0.25) is 5.91 Å². The van der Waals surface area contributed by atoms with E-state index >= 15 is 0 Å². The van der Waals surface area contributed by atoms with Crippen molar-refractivity contribution in [2.24, 2.45) is 0 Å². The van der Waals surface area contributed by atoms with E-state index in [0.29, 0.717) is 42.3 Å². The molecule has 0 radical (unpaired) electrons. The maximum Gasteiger partial charge on any atom is 0.224 e. The number of ether oxygens (including phenoxy) is 2. The van der Waals surface area contributed by atoms with E-state index in [1.165, 1.54) is 0 Å². The third-order valence-electron chi connectivity index (χ3n) is 3.42. The molecule has 0 atom stereocenters. The molecule has 0 unspecified atom stereocenters. The molecule has 23 heavy (non-hydrogen) atoms. The molecule has 0 aliphatic carbocycles. The smallest absolute Gasteiger partial charge is 0.224 e. The van der Waals surface area contributed by atoms with Gasteiger partial charge >= 0.3 is 0 Å². The molecule has 122 valence electrons. The second kappa shape index (κ2) is 8.08. The maximum absolute atomic E-state index is 12.1. The first kappa shape index (κ1) is 16.7. The molecule has 2 aromatic rings. The highest BCUT2D eigenvalue weighted by atomic mass is 16.5. The Labute approximate surface area is 136 Å². The highest BCUT2D eigenvalue weighted by Crippen LogP contribution is 2.30. The van der Waals surface area contributed by atoms with Gasteiger partial charge in [-0.2, -0.15) is 0 Å². The van der Waals surface area contributed by atoms with Crippen molar-refractivity contribution in [1.82, 2.24) is 0 Å². The van der Waals surface area contributed by atoms with Crippen LogP contribution in [-0.2, 0) is 11.2 Å². The molecule has 0 aliphatic rings. The summed E-state index contributed by atoms with van der Waals surface area (Å²) in [5, 5.41) is 2.86. The van der Waals surface area contributed by atoms with Crippen LogP contribution >= 0.6 is 0 Å². The van der Waals surface area contributed by atoms with Crippen LogP contribution in [0.25, 0.3) is 0 Å². The summed E-state index contributed by atoms with van der Waals surface area (Å²) in [6, 6.07) is 12.9. The van der Waals surface area contributed by atoms with Crippen LogP contribution in [0.5, 0.6) is 11.5 Å². The second-order valence-electron chi connectivity index (χ2n) is 5.05. The largest absolute Gasteiger partial charge is 0.493 e. The van der Waals surface area contributed by atoms with Crippen LogP contribution in [0.1, 0.15) is 18.9 Å². The summed E-state index contributed by atoms with van der Waals surface area (Å²) >= 11 is 0. The minimum Gasteiger partial charge on any atom is -0.493 e. The maximum atomic E-state index is 12.1. The number of rotatable bonds is 7. The van der Waals surface area contributed by atoms with Crippen LogP contribution in [0.15, 0.2) is 42.5 Å². The summed E-state index contributed by atoms with van der Waals surface area (Å²) in [7, 11) is 1.57. The van der Waals surface area contributed by atoms with Gasteiger partial charge < -0.3 is 20.5 Å². The molecule has 0 fully saturated rings. The monoisotopic (exact) mass is 314 g/mol. The summed E-state index contributed by atoms with van der Waals surface area (Å²) in [6.45, 7) is 2.46. The summed E-state index contributed by atoms with van der Waals surface area (Å²) < 4.78 is 10.7. The zero-order valence-corrected chi connectivity index (χ0v) is 13.5. The number of para-hydroxylation sites is 1. The molecule has 5 nitrogen and oxygen atoms in total. The molecule has 0 saturated carbocycles. The van der Waals surface area contributed by atoms with Gasteiger partial charge in [0.15, 0.2) is 11.5 Å². The fourth-order valence-electron chi connectivity index (χ4n) is 2.25. The van der Waals surface area contributed by atoms with Crippen molar-refractivity contribution in [2.75, 3.05) is 24.8 Å². The first-order chi connectivity index (χ1) is 11.1. The highest BCUT2D eigenvalue weighted by molar-refractivity contribution is 5.91. The van der Waals surface area contributed by atoms with E-state index in [1.807, 2.05) is 31.2 Å². The van der Waals surface area contributed by atoms with Gasteiger partial charge in [0, 0.05) is 23.9 Å². The third-order valence-corrected chi connectivity index (χ3v) is 3.42. The molecule has 0 heterocycles. The molecular formula is C18H22N2O3. The number of carbonyl (C=O) groups excluding carboxylic acids is 1. The number of hydrogen-bond donors (Lipinski definition) is 2. The van der Waals surface area contributed by atoms with E-state index in [0.717, 1.165) is 5.56 Å². The van der Waals surface area contributed by atoms with Crippen LogP contribution in [0, 0.1) is 0 Å². The van der Waals surface area contributed by atoms with E-state index in [2.05, 4.69) is 5.32 Å². The highest BCUT2D eigenvalue weighted by Gasteiger charge is 2.09. The molecule has 0 aromatic heterocycles. The molecule has 5 heteroatoms. The van der Waals surface area contributed by atoms with Crippen molar-refractivity contribution in [3.05, 3.63) is 48.0 Å². The molecule has 0 saturated heterocycles. The van der Waals surface area contributed by atoms with Gasteiger partial charge in [-0.1, -0.05) is 18.2 Å². The average molecular weight is 314 g/mol. The van der Waals surface area contributed by atoms with Crippen molar-refractivity contribution >= 4 is 17.3 Å². The van der Waals surface area contributed by atoms with Gasteiger partial charge in [0.25, 0.3) is 0 Å². The lowest BCUT2D eigenvalue weighted by Gasteiger charge is -2.12.